The van der Waals surface area contributed by atoms with Crippen molar-refractivity contribution < 1.29 is 4.79 Å². The average Bonchev–Trinajstić information content (AvgIpc) is 2.34. The number of hydrogen-bond acceptors (Lipinski definition) is 3. The van der Waals surface area contributed by atoms with Crippen LogP contribution in [0.4, 0.5) is 0 Å². The monoisotopic (exact) mass is 156 g/mol. The lowest BCUT2D eigenvalue weighted by Gasteiger charge is -2.11. The second kappa shape index (κ2) is 3.32. The molecule has 11 heavy (non-hydrogen) atoms. The third-order valence-corrected chi connectivity index (χ3v) is 1.99. The minimum absolute atomic E-state index is 0.0324. The van der Waals surface area contributed by atoms with E-state index in [0.717, 1.165) is 6.54 Å². The average molecular weight is 156 g/mol. The van der Waals surface area contributed by atoms with Crippen molar-refractivity contribution in [1.29, 1.82) is 0 Å². The molecule has 0 radical (unpaired) electrons. The number of carbonyl (C=O) groups is 1. The number of carbonyl (C=O) groups excluding carboxylic acids is 1. The van der Waals surface area contributed by atoms with Gasteiger partial charge in [-0.1, -0.05) is 13.8 Å². The lowest BCUT2D eigenvalue weighted by atomic mass is 10.0. The van der Waals surface area contributed by atoms with Gasteiger partial charge in [0.15, 0.2) is 5.78 Å². The van der Waals surface area contributed by atoms with Crippen LogP contribution in [0, 0.1) is 5.92 Å². The summed E-state index contributed by atoms with van der Waals surface area (Å²) in [6.07, 6.45) is 0.280. The molecule has 0 amide bonds. The van der Waals surface area contributed by atoms with E-state index in [4.69, 9.17) is 0 Å². The van der Waals surface area contributed by atoms with Gasteiger partial charge in [0, 0.05) is 12.5 Å². The van der Waals surface area contributed by atoms with Crippen molar-refractivity contribution in [3.8, 4) is 0 Å². The van der Waals surface area contributed by atoms with Crippen molar-refractivity contribution >= 4 is 5.78 Å². The smallest absolute Gasteiger partial charge is 0.153 e. The van der Waals surface area contributed by atoms with Gasteiger partial charge < -0.3 is 5.32 Å². The summed E-state index contributed by atoms with van der Waals surface area (Å²) >= 11 is 0. The number of Topliss-reactive ketones (excluding diaryl/α,β-unsaturated/α-hetero) is 1. The fraction of sp³-hybridized carbons (Fsp3) is 0.875. The van der Waals surface area contributed by atoms with Crippen molar-refractivity contribution in [2.24, 2.45) is 5.92 Å². The summed E-state index contributed by atoms with van der Waals surface area (Å²) in [5.41, 5.74) is 0. The normalized spacial score (nSPS) is 31.3. The highest BCUT2D eigenvalue weighted by Crippen LogP contribution is 2.03. The molecule has 3 heteroatoms. The molecule has 3 nitrogen and oxygen atoms in total. The largest absolute Gasteiger partial charge is 0.300 e. The van der Waals surface area contributed by atoms with Crippen LogP contribution in [0.3, 0.4) is 0 Å². The van der Waals surface area contributed by atoms with Gasteiger partial charge in [-0.2, -0.15) is 0 Å². The quantitative estimate of drug-likeness (QED) is 0.596. The molecule has 1 fully saturated rings. The van der Waals surface area contributed by atoms with Gasteiger partial charge in [-0.15, -0.1) is 0 Å². The molecule has 1 aliphatic rings. The molecule has 64 valence electrons. The van der Waals surface area contributed by atoms with Crippen molar-refractivity contribution in [3.05, 3.63) is 0 Å². The second-order valence-corrected chi connectivity index (χ2v) is 3.41. The Morgan fingerprint density at radius 3 is 2.55 bits per heavy atom. The first kappa shape index (κ1) is 8.68. The Labute approximate surface area is 67.5 Å². The summed E-state index contributed by atoms with van der Waals surface area (Å²) in [7, 11) is 0. The number of ketones is 1. The van der Waals surface area contributed by atoms with Crippen LogP contribution in [0.15, 0.2) is 0 Å². The maximum absolute atomic E-state index is 11.4. The highest BCUT2D eigenvalue weighted by atomic mass is 16.1. The Bertz CT molecular complexity index is 156. The van der Waals surface area contributed by atoms with E-state index in [-0.39, 0.29) is 18.1 Å². The molecule has 1 aliphatic heterocycles. The Morgan fingerprint density at radius 1 is 1.55 bits per heavy atom. The summed E-state index contributed by atoms with van der Waals surface area (Å²) in [6.45, 7) is 6.67. The molecule has 0 aromatic heterocycles. The molecule has 2 N–H and O–H groups in total. The Hall–Kier alpha value is -0.410. The fourth-order valence-corrected chi connectivity index (χ4v) is 1.30. The Balaban J connectivity index is 2.43. The van der Waals surface area contributed by atoms with Gasteiger partial charge in [-0.3, -0.25) is 10.1 Å². The molecule has 2 atom stereocenters. The third-order valence-electron chi connectivity index (χ3n) is 1.99. The zero-order chi connectivity index (χ0) is 8.43. The zero-order valence-corrected chi connectivity index (χ0v) is 7.35. The zero-order valence-electron chi connectivity index (χ0n) is 7.35. The van der Waals surface area contributed by atoms with E-state index >= 15 is 0 Å². The first-order chi connectivity index (χ1) is 5.11. The van der Waals surface area contributed by atoms with E-state index in [9.17, 15) is 4.79 Å². The van der Waals surface area contributed by atoms with Crippen LogP contribution in [0.2, 0.25) is 0 Å². The molecular formula is C8H16N2O. The molecule has 0 saturated carbocycles. The fourth-order valence-electron chi connectivity index (χ4n) is 1.30. The summed E-state index contributed by atoms with van der Waals surface area (Å²) in [5.74, 6) is 0.446. The second-order valence-electron chi connectivity index (χ2n) is 3.41. The maximum atomic E-state index is 11.4. The lowest BCUT2D eigenvalue weighted by molar-refractivity contribution is -0.123. The Morgan fingerprint density at radius 2 is 2.18 bits per heavy atom. The maximum Gasteiger partial charge on any atom is 0.153 e. The molecule has 1 heterocycles. The van der Waals surface area contributed by atoms with Crippen LogP contribution >= 0.6 is 0 Å². The topological polar surface area (TPSA) is 41.1 Å². The van der Waals surface area contributed by atoms with E-state index in [1.165, 1.54) is 0 Å². The minimum atomic E-state index is 0.0324. The molecule has 0 aliphatic carbocycles. The van der Waals surface area contributed by atoms with Gasteiger partial charge in [0.2, 0.25) is 0 Å². The summed E-state index contributed by atoms with van der Waals surface area (Å²) in [4.78, 5) is 11.4. The molecule has 0 bridgehead atoms. The molecular weight excluding hydrogens is 140 g/mol. The van der Waals surface area contributed by atoms with Crippen molar-refractivity contribution in [2.75, 3.05) is 6.54 Å². The standard InChI is InChI=1S/C8H16N2O/c1-5(2)8(11)7-4-9-6(3)10-7/h5-7,9-10H,4H2,1-3H3. The first-order valence-electron chi connectivity index (χ1n) is 4.14. The van der Waals surface area contributed by atoms with Crippen LogP contribution in [-0.4, -0.2) is 24.5 Å². The van der Waals surface area contributed by atoms with Gasteiger partial charge in [0.25, 0.3) is 0 Å². The van der Waals surface area contributed by atoms with E-state index in [2.05, 4.69) is 10.6 Å². The molecule has 0 aromatic rings. The van der Waals surface area contributed by atoms with Gasteiger partial charge in [0.1, 0.15) is 0 Å². The van der Waals surface area contributed by atoms with Crippen LogP contribution in [0.1, 0.15) is 20.8 Å². The Kier molecular flexibility index (Phi) is 2.62. The van der Waals surface area contributed by atoms with Gasteiger partial charge in [-0.25, -0.2) is 0 Å². The van der Waals surface area contributed by atoms with Crippen LogP contribution < -0.4 is 10.6 Å². The first-order valence-corrected chi connectivity index (χ1v) is 4.14. The minimum Gasteiger partial charge on any atom is -0.300 e. The molecule has 0 spiro atoms. The van der Waals surface area contributed by atoms with Crippen molar-refractivity contribution in [2.45, 2.75) is 33.0 Å². The van der Waals surface area contributed by atoms with E-state index in [1.807, 2.05) is 20.8 Å². The highest BCUT2D eigenvalue weighted by molar-refractivity contribution is 5.86. The SMILES string of the molecule is CC1NCC(C(=O)C(C)C)N1. The van der Waals surface area contributed by atoms with Gasteiger partial charge in [0.05, 0.1) is 12.2 Å². The number of rotatable bonds is 2. The number of hydrogen-bond donors (Lipinski definition) is 2. The van der Waals surface area contributed by atoms with Crippen LogP contribution in [-0.2, 0) is 4.79 Å². The van der Waals surface area contributed by atoms with Crippen molar-refractivity contribution in [1.82, 2.24) is 10.6 Å². The predicted molar refractivity (Wildman–Crippen MR) is 44.2 cm³/mol. The molecule has 0 aromatic carbocycles. The van der Waals surface area contributed by atoms with Gasteiger partial charge in [-0.05, 0) is 6.92 Å². The molecule has 2 unspecified atom stereocenters. The van der Waals surface area contributed by atoms with Gasteiger partial charge >= 0.3 is 0 Å². The third kappa shape index (κ3) is 2.01. The summed E-state index contributed by atoms with van der Waals surface area (Å²) in [5, 5.41) is 6.35. The number of nitrogens with one attached hydrogen (secondary N) is 2. The molecule has 1 saturated heterocycles. The van der Waals surface area contributed by atoms with E-state index in [0.29, 0.717) is 5.78 Å². The van der Waals surface area contributed by atoms with E-state index < -0.39 is 0 Å². The lowest BCUT2D eigenvalue weighted by Crippen LogP contribution is -2.38. The van der Waals surface area contributed by atoms with E-state index in [1.54, 1.807) is 0 Å². The van der Waals surface area contributed by atoms with Crippen LogP contribution in [0.25, 0.3) is 0 Å². The highest BCUT2D eigenvalue weighted by Gasteiger charge is 2.26. The molecule has 1 rings (SSSR count). The summed E-state index contributed by atoms with van der Waals surface area (Å²) < 4.78 is 0. The summed E-state index contributed by atoms with van der Waals surface area (Å²) in [6, 6.07) is 0.0324. The van der Waals surface area contributed by atoms with Crippen molar-refractivity contribution in [3.63, 3.8) is 0 Å². The predicted octanol–water partition coefficient (Wildman–Crippen LogP) is 0.119. The van der Waals surface area contributed by atoms with Crippen LogP contribution in [0.5, 0.6) is 0 Å².